The van der Waals surface area contributed by atoms with Crippen LogP contribution >= 0.6 is 0 Å². The summed E-state index contributed by atoms with van der Waals surface area (Å²) in [5.74, 6) is -4.82. The van der Waals surface area contributed by atoms with E-state index in [0.717, 1.165) is 49.5 Å². The lowest BCUT2D eigenvalue weighted by molar-refractivity contribution is -0.135. The molecule has 1 heterocycles. The van der Waals surface area contributed by atoms with Crippen LogP contribution in [0.5, 0.6) is 11.6 Å². The average molecular weight is 421 g/mol. The summed E-state index contributed by atoms with van der Waals surface area (Å²) in [6, 6.07) is -0.536. The Labute approximate surface area is 172 Å². The minimum Gasteiger partial charge on any atom is -0.506 e. The van der Waals surface area contributed by atoms with Gasteiger partial charge in [0.2, 0.25) is 5.88 Å². The zero-order chi connectivity index (χ0) is 21.8. The summed E-state index contributed by atoms with van der Waals surface area (Å²) in [5.41, 5.74) is -2.22. The summed E-state index contributed by atoms with van der Waals surface area (Å²) < 4.78 is 0.998. The Kier molecular flexibility index (Phi) is 6.63. The second-order valence-corrected chi connectivity index (χ2v) is 7.92. The molecule has 0 aromatic carbocycles. The number of carboxylic acid groups (broad SMARTS) is 1. The monoisotopic (exact) mass is 421 g/mol. The van der Waals surface area contributed by atoms with Gasteiger partial charge >= 0.3 is 5.97 Å². The first-order valence-corrected chi connectivity index (χ1v) is 10.3. The van der Waals surface area contributed by atoms with Crippen LogP contribution in [0.25, 0.3) is 0 Å². The lowest BCUT2D eigenvalue weighted by Gasteiger charge is -2.27. The van der Waals surface area contributed by atoms with Crippen molar-refractivity contribution in [2.24, 2.45) is 0 Å². The highest BCUT2D eigenvalue weighted by Gasteiger charge is 2.33. The van der Waals surface area contributed by atoms with Crippen LogP contribution in [0.15, 0.2) is 4.79 Å². The molecule has 2 fully saturated rings. The molecule has 2 amide bonds. The maximum Gasteiger partial charge on any atom is 0.322 e. The van der Waals surface area contributed by atoms with E-state index in [1.165, 1.54) is 0 Å². The third-order valence-corrected chi connectivity index (χ3v) is 5.84. The van der Waals surface area contributed by atoms with Crippen molar-refractivity contribution in [2.45, 2.75) is 69.9 Å². The van der Waals surface area contributed by atoms with Gasteiger partial charge < -0.3 is 26.0 Å². The fourth-order valence-corrected chi connectivity index (χ4v) is 4.33. The Morgan fingerprint density at radius 1 is 0.900 bits per heavy atom. The standard InChI is InChI=1S/C20H27N3O7/c24-13(25)10-21-17(27)14-16(26)15(18(28)22-11-6-4-5-7-11)20(30)23(19(14)29)12-8-2-1-3-9-12/h11-12,26,30H,1-10H2,(H,21,27)(H,22,28)(H,24,25). The molecule has 2 aliphatic rings. The summed E-state index contributed by atoms with van der Waals surface area (Å²) in [6.07, 6.45) is 7.22. The van der Waals surface area contributed by atoms with Crippen molar-refractivity contribution in [3.8, 4) is 11.6 Å². The number of carboxylic acids is 1. The number of aromatic hydroxyl groups is 2. The third kappa shape index (κ3) is 4.42. The van der Waals surface area contributed by atoms with Crippen molar-refractivity contribution >= 4 is 17.8 Å². The van der Waals surface area contributed by atoms with Gasteiger partial charge in [0, 0.05) is 12.1 Å². The number of nitrogens with zero attached hydrogens (tertiary/aromatic N) is 1. The number of hydrogen-bond donors (Lipinski definition) is 5. The van der Waals surface area contributed by atoms with Gasteiger partial charge in [0.15, 0.2) is 5.75 Å². The Balaban J connectivity index is 2.08. The van der Waals surface area contributed by atoms with E-state index in [2.05, 4.69) is 5.32 Å². The molecule has 0 bridgehead atoms. The molecule has 3 rings (SSSR count). The molecule has 10 nitrogen and oxygen atoms in total. The van der Waals surface area contributed by atoms with Gasteiger partial charge in [0.05, 0.1) is 0 Å². The van der Waals surface area contributed by atoms with Crippen molar-refractivity contribution in [1.29, 1.82) is 0 Å². The molecule has 0 atom stereocenters. The summed E-state index contributed by atoms with van der Waals surface area (Å²) in [7, 11) is 0. The summed E-state index contributed by atoms with van der Waals surface area (Å²) in [4.78, 5) is 49.1. The average Bonchev–Trinajstić information content (AvgIpc) is 3.20. The zero-order valence-corrected chi connectivity index (χ0v) is 16.6. The number of pyridine rings is 1. The largest absolute Gasteiger partial charge is 0.506 e. The van der Waals surface area contributed by atoms with Gasteiger partial charge in [-0.15, -0.1) is 0 Å². The lowest BCUT2D eigenvalue weighted by atomic mass is 9.94. The molecule has 30 heavy (non-hydrogen) atoms. The highest BCUT2D eigenvalue weighted by atomic mass is 16.4. The molecule has 0 spiro atoms. The van der Waals surface area contributed by atoms with Crippen molar-refractivity contribution in [3.63, 3.8) is 0 Å². The Hall–Kier alpha value is -3.04. The molecule has 0 aliphatic heterocycles. The Bertz CT molecular complexity index is 897. The number of rotatable bonds is 6. The topological polar surface area (TPSA) is 158 Å². The van der Waals surface area contributed by atoms with Crippen LogP contribution in [-0.2, 0) is 4.79 Å². The van der Waals surface area contributed by atoms with Crippen LogP contribution in [0.1, 0.15) is 84.5 Å². The molecule has 10 heteroatoms. The number of hydrogen-bond acceptors (Lipinski definition) is 6. The first-order valence-electron chi connectivity index (χ1n) is 10.3. The molecule has 1 aromatic heterocycles. The first-order chi connectivity index (χ1) is 14.3. The van der Waals surface area contributed by atoms with Crippen LogP contribution in [0, 0.1) is 0 Å². The molecule has 0 unspecified atom stereocenters. The van der Waals surface area contributed by atoms with Gasteiger partial charge in [-0.3, -0.25) is 23.7 Å². The SMILES string of the molecule is O=C(O)CNC(=O)c1c(O)c(C(=O)NC2CCCC2)c(O)n(C2CCCCC2)c1=O. The van der Waals surface area contributed by atoms with Gasteiger partial charge in [-0.25, -0.2) is 0 Å². The van der Waals surface area contributed by atoms with E-state index in [9.17, 15) is 29.4 Å². The Morgan fingerprint density at radius 3 is 2.10 bits per heavy atom. The van der Waals surface area contributed by atoms with Gasteiger partial charge in [0.1, 0.15) is 17.7 Å². The Morgan fingerprint density at radius 2 is 1.50 bits per heavy atom. The number of aliphatic carboxylic acids is 1. The molecule has 1 aromatic rings. The van der Waals surface area contributed by atoms with E-state index in [0.29, 0.717) is 12.8 Å². The molecule has 5 N–H and O–H groups in total. The van der Waals surface area contributed by atoms with Gasteiger partial charge in [0.25, 0.3) is 17.4 Å². The van der Waals surface area contributed by atoms with Crippen molar-refractivity contribution in [1.82, 2.24) is 15.2 Å². The first kappa shape index (κ1) is 21.7. The van der Waals surface area contributed by atoms with E-state index >= 15 is 0 Å². The highest BCUT2D eigenvalue weighted by molar-refractivity contribution is 6.05. The molecule has 0 saturated heterocycles. The molecular formula is C20H27N3O7. The number of amides is 2. The number of aromatic nitrogens is 1. The van der Waals surface area contributed by atoms with E-state index in [-0.39, 0.29) is 6.04 Å². The molecule has 164 valence electrons. The minimum atomic E-state index is -1.33. The fourth-order valence-electron chi connectivity index (χ4n) is 4.33. The van der Waals surface area contributed by atoms with Gasteiger partial charge in [-0.05, 0) is 25.7 Å². The predicted octanol–water partition coefficient (Wildman–Crippen LogP) is 1.25. The smallest absolute Gasteiger partial charge is 0.322 e. The van der Waals surface area contributed by atoms with Crippen molar-refractivity contribution in [3.05, 3.63) is 21.5 Å². The molecule has 0 radical (unpaired) electrons. The molecular weight excluding hydrogens is 394 g/mol. The van der Waals surface area contributed by atoms with E-state index < -0.39 is 58.7 Å². The van der Waals surface area contributed by atoms with Crippen molar-refractivity contribution in [2.75, 3.05) is 6.54 Å². The second-order valence-electron chi connectivity index (χ2n) is 7.92. The second kappa shape index (κ2) is 9.19. The molecule has 2 aliphatic carbocycles. The van der Waals surface area contributed by atoms with E-state index in [1.54, 1.807) is 0 Å². The quantitative estimate of drug-likeness (QED) is 0.462. The maximum atomic E-state index is 13.0. The normalized spacial score (nSPS) is 17.6. The van der Waals surface area contributed by atoms with Gasteiger partial charge in [-0.1, -0.05) is 32.1 Å². The third-order valence-electron chi connectivity index (χ3n) is 5.84. The predicted molar refractivity (Wildman–Crippen MR) is 106 cm³/mol. The lowest BCUT2D eigenvalue weighted by Crippen LogP contribution is -2.39. The minimum absolute atomic E-state index is 0.115. The van der Waals surface area contributed by atoms with E-state index in [1.807, 2.05) is 5.32 Å². The van der Waals surface area contributed by atoms with Gasteiger partial charge in [-0.2, -0.15) is 0 Å². The fraction of sp³-hybridized carbons (Fsp3) is 0.600. The summed E-state index contributed by atoms with van der Waals surface area (Å²) in [6.45, 7) is -0.758. The van der Waals surface area contributed by atoms with Crippen LogP contribution < -0.4 is 16.2 Å². The van der Waals surface area contributed by atoms with Crippen LogP contribution in [-0.4, -0.2) is 50.3 Å². The number of carbonyl (C=O) groups excluding carboxylic acids is 2. The molecule has 2 saturated carbocycles. The summed E-state index contributed by atoms with van der Waals surface area (Å²) >= 11 is 0. The number of nitrogens with one attached hydrogen (secondary N) is 2. The summed E-state index contributed by atoms with van der Waals surface area (Å²) in [5, 5.41) is 35.0. The number of carbonyl (C=O) groups is 3. The van der Waals surface area contributed by atoms with Crippen LogP contribution in [0.4, 0.5) is 0 Å². The maximum absolute atomic E-state index is 13.0. The van der Waals surface area contributed by atoms with E-state index in [4.69, 9.17) is 5.11 Å². The highest BCUT2D eigenvalue weighted by Crippen LogP contribution is 2.35. The zero-order valence-electron chi connectivity index (χ0n) is 16.6. The van der Waals surface area contributed by atoms with Crippen LogP contribution in [0.3, 0.4) is 0 Å². The van der Waals surface area contributed by atoms with Crippen molar-refractivity contribution < 1.29 is 29.7 Å². The van der Waals surface area contributed by atoms with Crippen LogP contribution in [0.2, 0.25) is 0 Å².